The molecule has 0 saturated carbocycles. The molecule has 314 valence electrons. The topological polar surface area (TPSA) is 51.6 Å². The first kappa shape index (κ1) is 41.8. The van der Waals surface area contributed by atoms with Gasteiger partial charge in [0.05, 0.1) is 22.8 Å². The number of benzene rings is 4. The number of nitrogens with zero attached hydrogens (tertiary/aromatic N) is 4. The summed E-state index contributed by atoms with van der Waals surface area (Å²) in [6.45, 7) is 23.5. The van der Waals surface area contributed by atoms with Crippen LogP contribution in [0.25, 0.3) is 45.0 Å². The number of hydrogen-bond acceptors (Lipinski definition) is 4. The van der Waals surface area contributed by atoms with Gasteiger partial charge < -0.3 is 0 Å². The Morgan fingerprint density at radius 3 is 1.40 bits per heavy atom. The average Bonchev–Trinajstić information content (AvgIpc) is 4.02. The largest absolute Gasteiger partial charge is 0.253 e. The fourth-order valence-corrected chi connectivity index (χ4v) is 9.70. The molecule has 0 bridgehead atoms. The molecule has 0 atom stereocenters. The van der Waals surface area contributed by atoms with Crippen molar-refractivity contribution >= 4 is 0 Å². The summed E-state index contributed by atoms with van der Waals surface area (Å²) in [6, 6.07) is 37.2. The maximum Gasteiger partial charge on any atom is 0.0746 e. The van der Waals surface area contributed by atoms with Crippen LogP contribution in [0.4, 0.5) is 0 Å². The summed E-state index contributed by atoms with van der Waals surface area (Å²) in [5.74, 6) is 0. The number of aromatic nitrogens is 4. The van der Waals surface area contributed by atoms with Gasteiger partial charge in [-0.3, -0.25) is 19.9 Å². The van der Waals surface area contributed by atoms with Gasteiger partial charge in [-0.1, -0.05) is 103 Å². The van der Waals surface area contributed by atoms with Crippen LogP contribution in [0.2, 0.25) is 0 Å². The van der Waals surface area contributed by atoms with Gasteiger partial charge in [0, 0.05) is 70.7 Å². The molecule has 0 spiro atoms. The molecular formula is C59H58N4. The highest BCUT2D eigenvalue weighted by molar-refractivity contribution is 5.78. The molecule has 4 aliphatic carbocycles. The van der Waals surface area contributed by atoms with E-state index >= 15 is 0 Å². The number of pyridine rings is 4. The van der Waals surface area contributed by atoms with Gasteiger partial charge >= 0.3 is 0 Å². The molecule has 0 amide bonds. The third kappa shape index (κ3) is 7.82. The monoisotopic (exact) mass is 822 g/mol. The Hall–Kier alpha value is -6.52. The van der Waals surface area contributed by atoms with Crippen molar-refractivity contribution in [3.8, 4) is 45.0 Å². The summed E-state index contributed by atoms with van der Waals surface area (Å²) in [5, 5.41) is 0. The number of hydrogen-bond donors (Lipinski definition) is 0. The van der Waals surface area contributed by atoms with Gasteiger partial charge in [0.2, 0.25) is 0 Å². The SMILES string of the molecule is Cc1cc2c(nc1C)-c1c(C)cccc1C2.Cc1cc2c(nc1C)-c1ccccc1C2.Cc1ccc2c(c1)-c1nc(C)c(C)cc1C2.Cc1nc2c(c(C)c1C)Cc1ccccc1-2. The molecule has 4 heterocycles. The molecule has 63 heavy (non-hydrogen) atoms. The smallest absolute Gasteiger partial charge is 0.0746 e. The maximum absolute atomic E-state index is 4.76. The minimum Gasteiger partial charge on any atom is -0.253 e. The van der Waals surface area contributed by atoms with Crippen LogP contribution in [0.3, 0.4) is 0 Å². The van der Waals surface area contributed by atoms with Crippen molar-refractivity contribution in [1.82, 2.24) is 19.9 Å². The fraction of sp³-hybridized carbons (Fsp3) is 0.254. The van der Waals surface area contributed by atoms with E-state index in [1.54, 1.807) is 0 Å². The molecule has 0 aliphatic heterocycles. The van der Waals surface area contributed by atoms with Gasteiger partial charge in [0.25, 0.3) is 0 Å². The van der Waals surface area contributed by atoms with Crippen molar-refractivity contribution in [2.45, 2.75) is 102 Å². The summed E-state index contributed by atoms with van der Waals surface area (Å²) < 4.78 is 0. The van der Waals surface area contributed by atoms with Gasteiger partial charge in [-0.15, -0.1) is 0 Å². The quantitative estimate of drug-likeness (QED) is 0.153. The van der Waals surface area contributed by atoms with Gasteiger partial charge in [0.15, 0.2) is 0 Å². The fourth-order valence-electron chi connectivity index (χ4n) is 9.70. The highest BCUT2D eigenvalue weighted by Crippen LogP contribution is 2.40. The lowest BCUT2D eigenvalue weighted by molar-refractivity contribution is 1.09. The molecule has 4 nitrogen and oxygen atoms in total. The van der Waals surface area contributed by atoms with Crippen LogP contribution in [0, 0.1) is 76.2 Å². The van der Waals surface area contributed by atoms with Gasteiger partial charge in [-0.05, 0) is 160 Å². The van der Waals surface area contributed by atoms with Crippen LogP contribution in [0.1, 0.15) is 106 Å². The normalized spacial score (nSPS) is 12.4. The lowest BCUT2D eigenvalue weighted by Crippen LogP contribution is -1.97. The number of fused-ring (bicyclic) bond motifs is 12. The van der Waals surface area contributed by atoms with Crippen LogP contribution in [0.5, 0.6) is 0 Å². The summed E-state index contributed by atoms with van der Waals surface area (Å²) >= 11 is 0. The maximum atomic E-state index is 4.76. The zero-order valence-electron chi connectivity index (χ0n) is 38.9. The standard InChI is InChI=1S/3C15H15N.C14H13N/c1-9-4-5-12-8-13-7-10(2)11(3)16-15(13)14(12)6-9;1-9-5-4-6-12-8-13-7-10(2)11(3)16-15(13)14(9)12;1-9-10(2)14-8-12-6-4-5-7-13(12)15(14)16-11(9)3;1-9-7-12-8-11-5-3-4-6-13(11)14(12)15-10(9)2/h3*4-7H,8H2,1-3H3;3-7H,8H2,1-2H3. The van der Waals surface area contributed by atoms with Crippen LogP contribution >= 0.6 is 0 Å². The summed E-state index contributed by atoms with van der Waals surface area (Å²) in [4.78, 5) is 18.9. The molecule has 4 heteroatoms. The first-order valence-corrected chi connectivity index (χ1v) is 22.5. The minimum atomic E-state index is 1.04. The molecule has 0 radical (unpaired) electrons. The average molecular weight is 823 g/mol. The predicted octanol–water partition coefficient (Wildman–Crippen LogP) is 14.0. The highest BCUT2D eigenvalue weighted by Gasteiger charge is 2.25. The van der Waals surface area contributed by atoms with Crippen molar-refractivity contribution < 1.29 is 0 Å². The van der Waals surface area contributed by atoms with E-state index < -0.39 is 0 Å². The summed E-state index contributed by atoms with van der Waals surface area (Å²) in [5.41, 5.74) is 35.2. The van der Waals surface area contributed by atoms with Crippen molar-refractivity contribution in [3.63, 3.8) is 0 Å². The molecule has 4 aliphatic rings. The third-order valence-electron chi connectivity index (χ3n) is 13.9. The van der Waals surface area contributed by atoms with Gasteiger partial charge in [-0.25, -0.2) is 0 Å². The van der Waals surface area contributed by atoms with E-state index in [0.717, 1.165) is 48.5 Å². The first-order valence-electron chi connectivity index (χ1n) is 22.5. The Balaban J connectivity index is 0.000000107. The van der Waals surface area contributed by atoms with Crippen molar-refractivity contribution in [2.75, 3.05) is 0 Å². The van der Waals surface area contributed by atoms with E-state index in [4.69, 9.17) is 19.9 Å². The van der Waals surface area contributed by atoms with Gasteiger partial charge in [-0.2, -0.15) is 0 Å². The van der Waals surface area contributed by atoms with E-state index in [1.165, 1.54) is 128 Å². The highest BCUT2D eigenvalue weighted by atomic mass is 14.7. The zero-order valence-corrected chi connectivity index (χ0v) is 38.9. The van der Waals surface area contributed by atoms with Crippen LogP contribution in [0.15, 0.2) is 103 Å². The first-order chi connectivity index (χ1) is 30.2. The Morgan fingerprint density at radius 2 is 0.778 bits per heavy atom. The van der Waals surface area contributed by atoms with Crippen LogP contribution in [-0.2, 0) is 25.7 Å². The molecule has 0 saturated heterocycles. The molecule has 4 aromatic heterocycles. The van der Waals surface area contributed by atoms with Crippen LogP contribution < -0.4 is 0 Å². The Bertz CT molecular complexity index is 3130. The molecule has 12 rings (SSSR count). The molecule has 8 aromatic rings. The minimum absolute atomic E-state index is 1.04. The van der Waals surface area contributed by atoms with E-state index in [2.05, 4.69) is 179 Å². The van der Waals surface area contributed by atoms with E-state index in [9.17, 15) is 0 Å². The van der Waals surface area contributed by atoms with E-state index in [1.807, 2.05) is 0 Å². The summed E-state index contributed by atoms with van der Waals surface area (Å²) in [6.07, 6.45) is 4.17. The second-order valence-electron chi connectivity index (χ2n) is 18.3. The predicted molar refractivity (Wildman–Crippen MR) is 262 cm³/mol. The van der Waals surface area contributed by atoms with Crippen LogP contribution in [-0.4, -0.2) is 19.9 Å². The Kier molecular flexibility index (Phi) is 11.0. The molecule has 0 N–H and O–H groups in total. The van der Waals surface area contributed by atoms with Crippen molar-refractivity contribution in [3.05, 3.63) is 209 Å². The Labute approximate surface area is 374 Å². The second-order valence-corrected chi connectivity index (χ2v) is 18.3. The molecule has 0 unspecified atom stereocenters. The second kappa shape index (κ2) is 16.6. The van der Waals surface area contributed by atoms with Gasteiger partial charge in [0.1, 0.15) is 0 Å². The molecule has 4 aromatic carbocycles. The third-order valence-corrected chi connectivity index (χ3v) is 13.9. The lowest BCUT2D eigenvalue weighted by atomic mass is 10.0. The van der Waals surface area contributed by atoms with Crippen molar-refractivity contribution in [1.29, 1.82) is 0 Å². The molecular weight excluding hydrogens is 765 g/mol. The van der Waals surface area contributed by atoms with E-state index in [-0.39, 0.29) is 0 Å². The lowest BCUT2D eigenvalue weighted by Gasteiger charge is -2.10. The zero-order chi connectivity index (χ0) is 44.3. The summed E-state index contributed by atoms with van der Waals surface area (Å²) in [7, 11) is 0. The number of rotatable bonds is 0. The Morgan fingerprint density at radius 1 is 0.317 bits per heavy atom. The van der Waals surface area contributed by atoms with Crippen molar-refractivity contribution in [2.24, 2.45) is 0 Å². The molecule has 0 fully saturated rings. The number of aryl methyl sites for hydroxylation is 9. The van der Waals surface area contributed by atoms with E-state index in [0.29, 0.717) is 0 Å².